The van der Waals surface area contributed by atoms with E-state index in [1.165, 1.54) is 0 Å². The highest BCUT2D eigenvalue weighted by molar-refractivity contribution is 5.95. The van der Waals surface area contributed by atoms with Gasteiger partial charge in [-0.05, 0) is 44.0 Å². The summed E-state index contributed by atoms with van der Waals surface area (Å²) in [6, 6.07) is 7.39. The number of benzene rings is 1. The summed E-state index contributed by atoms with van der Waals surface area (Å²) in [4.78, 5) is 27.3. The number of carbonyl (C=O) groups excluding carboxylic acids is 2. The number of fused-ring (bicyclic) bond motifs is 1. The van der Waals surface area contributed by atoms with Crippen LogP contribution in [-0.4, -0.2) is 36.6 Å². The molecule has 31 heavy (non-hydrogen) atoms. The molecule has 7 heteroatoms. The van der Waals surface area contributed by atoms with Crippen molar-refractivity contribution < 1.29 is 23.5 Å². The molecule has 1 aliphatic heterocycles. The Hall–Kier alpha value is -2.96. The number of hydrogen-bond donors (Lipinski definition) is 1. The summed E-state index contributed by atoms with van der Waals surface area (Å²) in [5.41, 5.74) is 1.52. The molecule has 1 aliphatic rings. The fourth-order valence-corrected chi connectivity index (χ4v) is 3.63. The SMILES string of the molecule is CCCCCCN(CCC(=O)NCc1ccc2c(c1)OCO2)C(=O)c1cc(C)oc1C. The minimum absolute atomic E-state index is 0.0746. The van der Waals surface area contributed by atoms with Gasteiger partial charge in [-0.25, -0.2) is 0 Å². The van der Waals surface area contributed by atoms with Crippen LogP contribution in [0.15, 0.2) is 28.7 Å². The molecule has 168 valence electrons. The normalized spacial score (nSPS) is 12.1. The van der Waals surface area contributed by atoms with Crippen LogP contribution in [0.3, 0.4) is 0 Å². The number of furan rings is 1. The van der Waals surface area contributed by atoms with E-state index >= 15 is 0 Å². The van der Waals surface area contributed by atoms with Crippen molar-refractivity contribution in [3.63, 3.8) is 0 Å². The molecule has 2 aromatic rings. The summed E-state index contributed by atoms with van der Waals surface area (Å²) in [5, 5.41) is 2.92. The Balaban J connectivity index is 1.53. The van der Waals surface area contributed by atoms with E-state index in [1.54, 1.807) is 17.9 Å². The van der Waals surface area contributed by atoms with E-state index in [0.29, 0.717) is 42.5 Å². The minimum Gasteiger partial charge on any atom is -0.466 e. The first-order chi connectivity index (χ1) is 15.0. The molecule has 0 aliphatic carbocycles. The van der Waals surface area contributed by atoms with Crippen LogP contribution in [0, 0.1) is 13.8 Å². The van der Waals surface area contributed by atoms with Gasteiger partial charge in [0.25, 0.3) is 5.91 Å². The Kier molecular flexibility index (Phi) is 7.98. The average Bonchev–Trinajstić information content (AvgIpc) is 3.36. The predicted molar refractivity (Wildman–Crippen MR) is 117 cm³/mol. The van der Waals surface area contributed by atoms with Gasteiger partial charge in [0.1, 0.15) is 11.5 Å². The molecule has 2 amide bonds. The smallest absolute Gasteiger partial charge is 0.257 e. The molecule has 7 nitrogen and oxygen atoms in total. The topological polar surface area (TPSA) is 81.0 Å². The number of unbranched alkanes of at least 4 members (excludes halogenated alkanes) is 3. The lowest BCUT2D eigenvalue weighted by Gasteiger charge is -2.22. The van der Waals surface area contributed by atoms with Crippen molar-refractivity contribution in [2.75, 3.05) is 19.9 Å². The van der Waals surface area contributed by atoms with Crippen LogP contribution in [0.2, 0.25) is 0 Å². The van der Waals surface area contributed by atoms with E-state index in [2.05, 4.69) is 12.2 Å². The number of ether oxygens (including phenoxy) is 2. The second-order valence-corrected chi connectivity index (χ2v) is 7.89. The molecular formula is C24H32N2O5. The van der Waals surface area contributed by atoms with Gasteiger partial charge < -0.3 is 24.1 Å². The number of nitrogens with zero attached hydrogens (tertiary/aromatic N) is 1. The Morgan fingerprint density at radius 3 is 2.58 bits per heavy atom. The lowest BCUT2D eigenvalue weighted by Crippen LogP contribution is -2.36. The minimum atomic E-state index is -0.0934. The number of nitrogens with one attached hydrogen (secondary N) is 1. The van der Waals surface area contributed by atoms with E-state index in [9.17, 15) is 9.59 Å². The van der Waals surface area contributed by atoms with E-state index < -0.39 is 0 Å². The van der Waals surface area contributed by atoms with Crippen molar-refractivity contribution in [3.05, 3.63) is 46.9 Å². The Labute approximate surface area is 183 Å². The van der Waals surface area contributed by atoms with Crippen LogP contribution in [0.1, 0.15) is 66.5 Å². The second kappa shape index (κ2) is 10.9. The highest BCUT2D eigenvalue weighted by atomic mass is 16.7. The van der Waals surface area contributed by atoms with E-state index in [0.717, 1.165) is 37.0 Å². The summed E-state index contributed by atoms with van der Waals surface area (Å²) >= 11 is 0. The van der Waals surface area contributed by atoms with Gasteiger partial charge in [0.05, 0.1) is 5.56 Å². The first kappa shape index (κ1) is 22.7. The Bertz CT molecular complexity index is 905. The zero-order valence-electron chi connectivity index (χ0n) is 18.7. The summed E-state index contributed by atoms with van der Waals surface area (Å²) < 4.78 is 16.2. The van der Waals surface area contributed by atoms with Crippen LogP contribution >= 0.6 is 0 Å². The molecule has 0 spiro atoms. The maximum absolute atomic E-state index is 13.1. The number of rotatable bonds is 11. The van der Waals surface area contributed by atoms with Crippen LogP contribution in [0.4, 0.5) is 0 Å². The van der Waals surface area contributed by atoms with Crippen molar-refractivity contribution in [3.8, 4) is 11.5 Å². The van der Waals surface area contributed by atoms with E-state index in [4.69, 9.17) is 13.9 Å². The van der Waals surface area contributed by atoms with Crippen LogP contribution < -0.4 is 14.8 Å². The monoisotopic (exact) mass is 428 g/mol. The molecule has 1 aromatic carbocycles. The molecule has 2 heterocycles. The lowest BCUT2D eigenvalue weighted by molar-refractivity contribution is -0.121. The molecule has 0 saturated carbocycles. The lowest BCUT2D eigenvalue weighted by atomic mass is 10.1. The second-order valence-electron chi connectivity index (χ2n) is 7.89. The third kappa shape index (κ3) is 6.26. The molecule has 0 unspecified atom stereocenters. The summed E-state index contributed by atoms with van der Waals surface area (Å²) in [6.07, 6.45) is 4.52. The van der Waals surface area contributed by atoms with Crippen LogP contribution in [0.5, 0.6) is 11.5 Å². The van der Waals surface area contributed by atoms with Crippen molar-refractivity contribution in [2.24, 2.45) is 0 Å². The number of amides is 2. The van der Waals surface area contributed by atoms with Gasteiger partial charge in [-0.1, -0.05) is 32.3 Å². The molecule has 0 bridgehead atoms. The third-order valence-electron chi connectivity index (χ3n) is 5.38. The van der Waals surface area contributed by atoms with Gasteiger partial charge >= 0.3 is 0 Å². The average molecular weight is 429 g/mol. The fourth-order valence-electron chi connectivity index (χ4n) is 3.63. The van der Waals surface area contributed by atoms with Crippen LogP contribution in [-0.2, 0) is 11.3 Å². The van der Waals surface area contributed by atoms with Crippen molar-refractivity contribution >= 4 is 11.8 Å². The van der Waals surface area contributed by atoms with Crippen molar-refractivity contribution in [2.45, 2.75) is 59.4 Å². The maximum Gasteiger partial charge on any atom is 0.257 e. The predicted octanol–water partition coefficient (Wildman–Crippen LogP) is 4.35. The number of aryl methyl sites for hydroxylation is 2. The molecule has 0 radical (unpaired) electrons. The molecule has 0 saturated heterocycles. The standard InChI is InChI=1S/C24H32N2O5/c1-4-5-6-7-11-26(24(28)20-13-17(2)31-18(20)3)12-10-23(27)25-15-19-8-9-21-22(14-19)30-16-29-21/h8-9,13-14H,4-7,10-12,15-16H2,1-3H3,(H,25,27). The van der Waals surface area contributed by atoms with Gasteiger partial charge in [0, 0.05) is 26.1 Å². The van der Waals surface area contributed by atoms with Crippen molar-refractivity contribution in [1.82, 2.24) is 10.2 Å². The molecule has 3 rings (SSSR count). The molecule has 1 N–H and O–H groups in total. The third-order valence-corrected chi connectivity index (χ3v) is 5.38. The van der Waals surface area contributed by atoms with Gasteiger partial charge in [0.15, 0.2) is 11.5 Å². The zero-order chi connectivity index (χ0) is 22.2. The van der Waals surface area contributed by atoms with E-state index in [-0.39, 0.29) is 25.0 Å². The molecule has 0 atom stereocenters. The van der Waals surface area contributed by atoms with Crippen molar-refractivity contribution in [1.29, 1.82) is 0 Å². The quantitative estimate of drug-likeness (QED) is 0.538. The van der Waals surface area contributed by atoms with Gasteiger partial charge in [-0.2, -0.15) is 0 Å². The first-order valence-corrected chi connectivity index (χ1v) is 11.0. The highest BCUT2D eigenvalue weighted by Crippen LogP contribution is 2.32. The largest absolute Gasteiger partial charge is 0.466 e. The molecule has 1 aromatic heterocycles. The summed E-state index contributed by atoms with van der Waals surface area (Å²) in [6.45, 7) is 7.43. The number of carbonyl (C=O) groups is 2. The maximum atomic E-state index is 13.1. The van der Waals surface area contributed by atoms with E-state index in [1.807, 2.05) is 25.1 Å². The van der Waals surface area contributed by atoms with Gasteiger partial charge in [-0.3, -0.25) is 9.59 Å². The zero-order valence-corrected chi connectivity index (χ0v) is 18.7. The Morgan fingerprint density at radius 1 is 1.03 bits per heavy atom. The Morgan fingerprint density at radius 2 is 1.84 bits per heavy atom. The highest BCUT2D eigenvalue weighted by Gasteiger charge is 2.21. The van der Waals surface area contributed by atoms with Gasteiger partial charge in [0.2, 0.25) is 12.7 Å². The first-order valence-electron chi connectivity index (χ1n) is 11.0. The van der Waals surface area contributed by atoms with Gasteiger partial charge in [-0.15, -0.1) is 0 Å². The summed E-state index contributed by atoms with van der Waals surface area (Å²) in [7, 11) is 0. The molecular weight excluding hydrogens is 396 g/mol. The summed E-state index contributed by atoms with van der Waals surface area (Å²) in [5.74, 6) is 2.58. The van der Waals surface area contributed by atoms with Crippen LogP contribution in [0.25, 0.3) is 0 Å². The fraction of sp³-hybridized carbons (Fsp3) is 0.500. The molecule has 0 fully saturated rings. The number of hydrogen-bond acceptors (Lipinski definition) is 5.